The molecule has 1 fully saturated rings. The normalized spacial score (nSPS) is 20.8. The van der Waals surface area contributed by atoms with Crippen molar-refractivity contribution in [3.63, 3.8) is 0 Å². The Balaban J connectivity index is 1.97. The summed E-state index contributed by atoms with van der Waals surface area (Å²) in [6, 6.07) is 5.50. The van der Waals surface area contributed by atoms with Crippen LogP contribution in [0.25, 0.3) is 0 Å². The average Bonchev–Trinajstić information content (AvgIpc) is 2.21. The number of rotatable bonds is 2. The molecule has 2 heterocycles. The van der Waals surface area contributed by atoms with Gasteiger partial charge in [-0.05, 0) is 12.1 Å². The van der Waals surface area contributed by atoms with Gasteiger partial charge in [0.1, 0.15) is 5.82 Å². The maximum atomic E-state index is 11.2. The minimum Gasteiger partial charge on any atom is -0.384 e. The molecule has 1 aromatic heterocycles. The fourth-order valence-electron chi connectivity index (χ4n) is 1.72. The van der Waals surface area contributed by atoms with E-state index in [-0.39, 0.29) is 11.5 Å². The van der Waals surface area contributed by atoms with Crippen molar-refractivity contribution in [1.82, 2.24) is 9.88 Å². The maximum absolute atomic E-state index is 11.2. The fourth-order valence-corrected chi connectivity index (χ4v) is 3.00. The predicted octanol–water partition coefficient (Wildman–Crippen LogP) is -0.106. The van der Waals surface area contributed by atoms with E-state index in [0.29, 0.717) is 25.5 Å². The van der Waals surface area contributed by atoms with Crippen LogP contribution in [0.1, 0.15) is 5.69 Å². The first-order valence-electron chi connectivity index (χ1n) is 5.19. The largest absolute Gasteiger partial charge is 0.384 e. The molecule has 16 heavy (non-hydrogen) atoms. The van der Waals surface area contributed by atoms with Crippen LogP contribution < -0.4 is 5.73 Å². The van der Waals surface area contributed by atoms with Crippen molar-refractivity contribution in [3.05, 3.63) is 23.9 Å². The first kappa shape index (κ1) is 11.3. The van der Waals surface area contributed by atoms with Gasteiger partial charge in [-0.2, -0.15) is 0 Å². The summed E-state index contributed by atoms with van der Waals surface area (Å²) >= 11 is 0. The van der Waals surface area contributed by atoms with E-state index in [1.807, 2.05) is 12.1 Å². The average molecular weight is 241 g/mol. The predicted molar refractivity (Wildman–Crippen MR) is 62.6 cm³/mol. The first-order valence-corrected chi connectivity index (χ1v) is 7.01. The quantitative estimate of drug-likeness (QED) is 0.782. The summed E-state index contributed by atoms with van der Waals surface area (Å²) in [6.07, 6.45) is 0. The molecule has 1 aromatic rings. The molecule has 0 aromatic carbocycles. The van der Waals surface area contributed by atoms with Crippen LogP contribution in [-0.2, 0) is 16.4 Å². The SMILES string of the molecule is Nc1cccc(CN2CCS(=O)(=O)CC2)n1. The van der Waals surface area contributed by atoms with Gasteiger partial charge in [0.25, 0.3) is 0 Å². The molecule has 88 valence electrons. The van der Waals surface area contributed by atoms with E-state index in [4.69, 9.17) is 5.73 Å². The highest BCUT2D eigenvalue weighted by molar-refractivity contribution is 7.91. The molecule has 2 N–H and O–H groups in total. The molecule has 0 aliphatic carbocycles. The van der Waals surface area contributed by atoms with Gasteiger partial charge in [0.05, 0.1) is 17.2 Å². The number of nitrogens with two attached hydrogens (primary N) is 1. The monoisotopic (exact) mass is 241 g/mol. The van der Waals surface area contributed by atoms with Crippen molar-refractivity contribution in [2.75, 3.05) is 30.3 Å². The maximum Gasteiger partial charge on any atom is 0.152 e. The van der Waals surface area contributed by atoms with Gasteiger partial charge in [-0.25, -0.2) is 13.4 Å². The Morgan fingerprint density at radius 1 is 1.31 bits per heavy atom. The molecular formula is C10H15N3O2S. The second kappa shape index (κ2) is 4.39. The highest BCUT2D eigenvalue weighted by atomic mass is 32.2. The van der Waals surface area contributed by atoms with E-state index >= 15 is 0 Å². The van der Waals surface area contributed by atoms with Crippen molar-refractivity contribution in [1.29, 1.82) is 0 Å². The zero-order valence-electron chi connectivity index (χ0n) is 8.96. The fraction of sp³-hybridized carbons (Fsp3) is 0.500. The zero-order valence-corrected chi connectivity index (χ0v) is 9.78. The molecular weight excluding hydrogens is 226 g/mol. The number of pyridine rings is 1. The summed E-state index contributed by atoms with van der Waals surface area (Å²) in [5.41, 5.74) is 6.47. The molecule has 0 saturated carbocycles. The minimum atomic E-state index is -2.80. The topological polar surface area (TPSA) is 76.3 Å². The Kier molecular flexibility index (Phi) is 3.11. The number of hydrogen-bond acceptors (Lipinski definition) is 5. The summed E-state index contributed by atoms with van der Waals surface area (Å²) in [7, 11) is -2.80. The van der Waals surface area contributed by atoms with Gasteiger partial charge >= 0.3 is 0 Å². The van der Waals surface area contributed by atoms with Crippen LogP contribution in [0.5, 0.6) is 0 Å². The highest BCUT2D eigenvalue weighted by Crippen LogP contribution is 2.09. The van der Waals surface area contributed by atoms with Crippen LogP contribution in [0, 0.1) is 0 Å². The third kappa shape index (κ3) is 2.93. The van der Waals surface area contributed by atoms with E-state index in [0.717, 1.165) is 5.69 Å². The van der Waals surface area contributed by atoms with Crippen LogP contribution in [0.2, 0.25) is 0 Å². The Hall–Kier alpha value is -1.14. The molecule has 1 aliphatic rings. The minimum absolute atomic E-state index is 0.245. The van der Waals surface area contributed by atoms with Gasteiger partial charge in [-0.3, -0.25) is 4.90 Å². The standard InChI is InChI=1S/C10H15N3O2S/c11-10-3-1-2-9(12-10)8-13-4-6-16(14,15)7-5-13/h1-3H,4-8H2,(H2,11,12). The molecule has 2 rings (SSSR count). The van der Waals surface area contributed by atoms with Crippen LogP contribution in [0.15, 0.2) is 18.2 Å². The smallest absolute Gasteiger partial charge is 0.152 e. The van der Waals surface area contributed by atoms with E-state index < -0.39 is 9.84 Å². The summed E-state index contributed by atoms with van der Waals surface area (Å²) in [5.74, 6) is 0.993. The third-order valence-electron chi connectivity index (χ3n) is 2.65. The van der Waals surface area contributed by atoms with Crippen molar-refractivity contribution in [2.24, 2.45) is 0 Å². The van der Waals surface area contributed by atoms with Gasteiger partial charge in [0.15, 0.2) is 9.84 Å². The Morgan fingerprint density at radius 3 is 2.62 bits per heavy atom. The van der Waals surface area contributed by atoms with Gasteiger partial charge in [0.2, 0.25) is 0 Å². The van der Waals surface area contributed by atoms with Crippen LogP contribution in [-0.4, -0.2) is 42.9 Å². The molecule has 0 radical (unpaired) electrons. The molecule has 6 heteroatoms. The molecule has 1 aliphatic heterocycles. The molecule has 5 nitrogen and oxygen atoms in total. The molecule has 0 amide bonds. The Bertz CT molecular complexity index is 459. The van der Waals surface area contributed by atoms with Crippen LogP contribution >= 0.6 is 0 Å². The van der Waals surface area contributed by atoms with Crippen molar-refractivity contribution < 1.29 is 8.42 Å². The van der Waals surface area contributed by atoms with Crippen LogP contribution in [0.3, 0.4) is 0 Å². The lowest BCUT2D eigenvalue weighted by atomic mass is 10.3. The third-order valence-corrected chi connectivity index (χ3v) is 4.26. The van der Waals surface area contributed by atoms with Gasteiger partial charge < -0.3 is 5.73 Å². The first-order chi connectivity index (χ1) is 7.55. The number of nitrogens with zero attached hydrogens (tertiary/aromatic N) is 2. The lowest BCUT2D eigenvalue weighted by Gasteiger charge is -2.26. The Labute approximate surface area is 95.2 Å². The van der Waals surface area contributed by atoms with Crippen molar-refractivity contribution >= 4 is 15.7 Å². The summed E-state index contributed by atoms with van der Waals surface area (Å²) in [4.78, 5) is 6.28. The number of hydrogen-bond donors (Lipinski definition) is 1. The van der Waals surface area contributed by atoms with Gasteiger partial charge in [0, 0.05) is 19.6 Å². The van der Waals surface area contributed by atoms with Crippen molar-refractivity contribution in [3.8, 4) is 0 Å². The lowest BCUT2D eigenvalue weighted by molar-refractivity contribution is 0.284. The van der Waals surface area contributed by atoms with Crippen molar-refractivity contribution in [2.45, 2.75) is 6.54 Å². The summed E-state index contributed by atoms with van der Waals surface area (Å²) in [6.45, 7) is 1.83. The van der Waals surface area contributed by atoms with E-state index in [1.54, 1.807) is 6.07 Å². The molecule has 1 saturated heterocycles. The second-order valence-electron chi connectivity index (χ2n) is 3.98. The summed E-state index contributed by atoms with van der Waals surface area (Å²) < 4.78 is 22.5. The summed E-state index contributed by atoms with van der Waals surface area (Å²) in [5, 5.41) is 0. The highest BCUT2D eigenvalue weighted by Gasteiger charge is 2.21. The van der Waals surface area contributed by atoms with E-state index in [9.17, 15) is 8.42 Å². The van der Waals surface area contributed by atoms with E-state index in [1.165, 1.54) is 0 Å². The number of sulfone groups is 1. The number of aromatic nitrogens is 1. The molecule has 0 atom stereocenters. The molecule has 0 spiro atoms. The lowest BCUT2D eigenvalue weighted by Crippen LogP contribution is -2.39. The zero-order chi connectivity index (χ0) is 11.6. The van der Waals surface area contributed by atoms with E-state index in [2.05, 4.69) is 9.88 Å². The molecule has 0 unspecified atom stereocenters. The second-order valence-corrected chi connectivity index (χ2v) is 6.29. The van der Waals surface area contributed by atoms with Gasteiger partial charge in [-0.15, -0.1) is 0 Å². The van der Waals surface area contributed by atoms with Gasteiger partial charge in [-0.1, -0.05) is 6.07 Å². The number of anilines is 1. The number of nitrogen functional groups attached to an aromatic ring is 1. The van der Waals surface area contributed by atoms with Crippen LogP contribution in [0.4, 0.5) is 5.82 Å². The Morgan fingerprint density at radius 2 is 2.00 bits per heavy atom. The molecule has 0 bridgehead atoms.